The number of carbonyl (C=O) groups is 1. The molecule has 0 aliphatic rings. The fourth-order valence-corrected chi connectivity index (χ4v) is 3.87. The molecule has 8 heteroatoms. The zero-order chi connectivity index (χ0) is 21.0. The third-order valence-corrected chi connectivity index (χ3v) is 5.44. The number of fused-ring (bicyclic) bond motifs is 1. The number of hydrogen-bond donors (Lipinski definition) is 0. The summed E-state index contributed by atoms with van der Waals surface area (Å²) in [7, 11) is 3.03. The van der Waals surface area contributed by atoms with E-state index in [1.54, 1.807) is 42.5 Å². The Labute approximate surface area is 177 Å². The average Bonchev–Trinajstić information content (AvgIpc) is 2.73. The van der Waals surface area contributed by atoms with Crippen LogP contribution in [0.2, 0.25) is 5.02 Å². The molecule has 0 bridgehead atoms. The predicted molar refractivity (Wildman–Crippen MR) is 116 cm³/mol. The Bertz CT molecular complexity index is 1140. The van der Waals surface area contributed by atoms with Crippen molar-refractivity contribution in [2.75, 3.05) is 20.0 Å². The van der Waals surface area contributed by atoms with Gasteiger partial charge >= 0.3 is 0 Å². The Hall–Kier alpha value is -2.77. The second-order valence-electron chi connectivity index (χ2n) is 6.04. The summed E-state index contributed by atoms with van der Waals surface area (Å²) in [5.74, 6) is 0.912. The van der Waals surface area contributed by atoms with Crippen molar-refractivity contribution in [3.8, 4) is 11.5 Å². The first kappa shape index (κ1) is 21.0. The van der Waals surface area contributed by atoms with Gasteiger partial charge in [0, 0.05) is 11.6 Å². The fourth-order valence-electron chi connectivity index (χ4n) is 2.81. The van der Waals surface area contributed by atoms with E-state index >= 15 is 0 Å². The molecule has 0 amide bonds. The number of halogens is 1. The highest BCUT2D eigenvalue weighted by molar-refractivity contribution is 7.99. The summed E-state index contributed by atoms with van der Waals surface area (Å²) in [4.78, 5) is 30.2. The van der Waals surface area contributed by atoms with Gasteiger partial charge in [0.2, 0.25) is 0 Å². The number of nitrogens with zero attached hydrogens (tertiary/aromatic N) is 2. The molecule has 3 rings (SSSR count). The quantitative estimate of drug-likeness (QED) is 0.230. The molecular formula is C21H19ClN2O4S. The first-order chi connectivity index (χ1) is 14.0. The van der Waals surface area contributed by atoms with Crippen LogP contribution in [-0.2, 0) is 6.54 Å². The number of benzene rings is 2. The summed E-state index contributed by atoms with van der Waals surface area (Å²) in [5.41, 5.74) is 0.679. The minimum Gasteiger partial charge on any atom is -0.497 e. The van der Waals surface area contributed by atoms with Gasteiger partial charge in [0.1, 0.15) is 11.5 Å². The summed E-state index contributed by atoms with van der Waals surface area (Å²) >= 11 is 7.21. The number of carbonyl (C=O) groups excluding carboxylic acids is 1. The normalized spacial score (nSPS) is 10.7. The Morgan fingerprint density at radius 3 is 2.72 bits per heavy atom. The third-order valence-electron chi connectivity index (χ3n) is 4.23. The maximum absolute atomic E-state index is 12.8. The Balaban J connectivity index is 1.96. The number of thioether (sulfide) groups is 1. The zero-order valence-electron chi connectivity index (χ0n) is 16.0. The van der Waals surface area contributed by atoms with Crippen molar-refractivity contribution in [3.05, 3.63) is 70.0 Å². The minimum absolute atomic E-state index is 0.0686. The lowest BCUT2D eigenvalue weighted by Crippen LogP contribution is -2.23. The largest absolute Gasteiger partial charge is 0.497 e. The highest BCUT2D eigenvalue weighted by Crippen LogP contribution is 2.27. The first-order valence-electron chi connectivity index (χ1n) is 8.67. The van der Waals surface area contributed by atoms with Crippen LogP contribution in [0.4, 0.5) is 0 Å². The number of ether oxygens (including phenoxy) is 2. The van der Waals surface area contributed by atoms with E-state index in [9.17, 15) is 9.59 Å². The number of aromatic nitrogens is 2. The number of rotatable bonds is 8. The highest BCUT2D eigenvalue weighted by Gasteiger charge is 2.17. The van der Waals surface area contributed by atoms with E-state index < -0.39 is 0 Å². The summed E-state index contributed by atoms with van der Waals surface area (Å²) in [5, 5.41) is 1.36. The molecule has 0 aliphatic carbocycles. The van der Waals surface area contributed by atoms with E-state index in [0.717, 1.165) is 0 Å². The standard InChI is InChI=1S/C21H19ClN2O4S/c1-4-9-24-20(26)15-7-5-13(22)10-17(15)23-21(24)29-12-18(25)16-11-14(27-2)6-8-19(16)28-3/h4-8,10-11H,1,9,12H2,2-3H3. The van der Waals surface area contributed by atoms with Crippen LogP contribution in [-0.4, -0.2) is 35.3 Å². The van der Waals surface area contributed by atoms with E-state index in [1.807, 2.05) is 0 Å². The molecule has 0 radical (unpaired) electrons. The van der Waals surface area contributed by atoms with Crippen molar-refractivity contribution in [2.24, 2.45) is 0 Å². The molecule has 2 aromatic carbocycles. The second kappa shape index (κ2) is 9.15. The van der Waals surface area contributed by atoms with Crippen LogP contribution in [0, 0.1) is 0 Å². The van der Waals surface area contributed by atoms with Crippen LogP contribution < -0.4 is 15.0 Å². The number of ketones is 1. The molecule has 1 heterocycles. The van der Waals surface area contributed by atoms with Crippen molar-refractivity contribution < 1.29 is 14.3 Å². The van der Waals surface area contributed by atoms with E-state index in [0.29, 0.717) is 38.1 Å². The first-order valence-corrected chi connectivity index (χ1v) is 10.0. The molecule has 0 saturated heterocycles. The lowest BCUT2D eigenvalue weighted by molar-refractivity contribution is 0.101. The van der Waals surface area contributed by atoms with Crippen LogP contribution in [0.5, 0.6) is 11.5 Å². The summed E-state index contributed by atoms with van der Waals surface area (Å²) in [6, 6.07) is 9.96. The molecule has 0 unspecified atom stereocenters. The smallest absolute Gasteiger partial charge is 0.262 e. The van der Waals surface area contributed by atoms with E-state index in [1.165, 1.54) is 30.5 Å². The van der Waals surface area contributed by atoms with Crippen LogP contribution in [0.25, 0.3) is 10.9 Å². The van der Waals surface area contributed by atoms with Crippen LogP contribution in [0.3, 0.4) is 0 Å². The van der Waals surface area contributed by atoms with Crippen LogP contribution in [0.1, 0.15) is 10.4 Å². The molecule has 0 aliphatic heterocycles. The van der Waals surface area contributed by atoms with Crippen molar-refractivity contribution in [1.29, 1.82) is 0 Å². The summed E-state index contributed by atoms with van der Waals surface area (Å²) in [6.45, 7) is 3.98. The SMILES string of the molecule is C=CCn1c(SCC(=O)c2cc(OC)ccc2OC)nc2cc(Cl)ccc2c1=O. The van der Waals surface area contributed by atoms with Gasteiger partial charge in [-0.15, -0.1) is 6.58 Å². The molecule has 29 heavy (non-hydrogen) atoms. The van der Waals surface area contributed by atoms with Crippen LogP contribution in [0.15, 0.2) is 59.0 Å². The van der Waals surface area contributed by atoms with Crippen molar-refractivity contribution >= 4 is 40.0 Å². The van der Waals surface area contributed by atoms with Crippen molar-refractivity contribution in [3.63, 3.8) is 0 Å². The number of hydrogen-bond acceptors (Lipinski definition) is 6. The van der Waals surface area contributed by atoms with Gasteiger partial charge in [0.15, 0.2) is 10.9 Å². The Morgan fingerprint density at radius 2 is 2.03 bits per heavy atom. The monoisotopic (exact) mass is 430 g/mol. The molecule has 0 atom stereocenters. The van der Waals surface area contributed by atoms with Gasteiger partial charge in [-0.05, 0) is 36.4 Å². The van der Waals surface area contributed by atoms with Gasteiger partial charge in [-0.2, -0.15) is 0 Å². The number of allylic oxidation sites excluding steroid dienone is 1. The van der Waals surface area contributed by atoms with Crippen molar-refractivity contribution in [2.45, 2.75) is 11.7 Å². The third kappa shape index (κ3) is 4.46. The molecule has 0 N–H and O–H groups in total. The average molecular weight is 431 g/mol. The molecule has 0 fully saturated rings. The maximum Gasteiger partial charge on any atom is 0.262 e. The van der Waals surface area contributed by atoms with Crippen molar-refractivity contribution in [1.82, 2.24) is 9.55 Å². The lowest BCUT2D eigenvalue weighted by atomic mass is 10.1. The second-order valence-corrected chi connectivity index (χ2v) is 7.42. The minimum atomic E-state index is -0.208. The molecule has 150 valence electrons. The van der Waals surface area contributed by atoms with E-state index in [-0.39, 0.29) is 23.6 Å². The van der Waals surface area contributed by atoms with Crippen LogP contribution >= 0.6 is 23.4 Å². The topological polar surface area (TPSA) is 70.4 Å². The van der Waals surface area contributed by atoms with Gasteiger partial charge in [0.25, 0.3) is 5.56 Å². The molecule has 0 saturated carbocycles. The Kier molecular flexibility index (Phi) is 6.61. The molecule has 0 spiro atoms. The van der Waals surface area contributed by atoms with E-state index in [2.05, 4.69) is 11.6 Å². The van der Waals surface area contributed by atoms with Gasteiger partial charge in [-0.1, -0.05) is 29.4 Å². The lowest BCUT2D eigenvalue weighted by Gasteiger charge is -2.12. The van der Waals surface area contributed by atoms with Gasteiger partial charge in [0.05, 0.1) is 36.4 Å². The summed E-state index contributed by atoms with van der Waals surface area (Å²) in [6.07, 6.45) is 1.61. The zero-order valence-corrected chi connectivity index (χ0v) is 17.5. The molecule has 1 aromatic heterocycles. The number of methoxy groups -OCH3 is 2. The van der Waals surface area contributed by atoms with Gasteiger partial charge < -0.3 is 9.47 Å². The Morgan fingerprint density at radius 1 is 1.24 bits per heavy atom. The molecule has 3 aromatic rings. The van der Waals surface area contributed by atoms with Gasteiger partial charge in [-0.3, -0.25) is 14.2 Å². The van der Waals surface area contributed by atoms with Gasteiger partial charge in [-0.25, -0.2) is 4.98 Å². The molecule has 6 nitrogen and oxygen atoms in total. The fraction of sp³-hybridized carbons (Fsp3) is 0.190. The predicted octanol–water partition coefficient (Wildman–Crippen LogP) is 4.23. The molecular weight excluding hydrogens is 412 g/mol. The maximum atomic E-state index is 12.8. The highest BCUT2D eigenvalue weighted by atomic mass is 35.5. The van der Waals surface area contributed by atoms with E-state index in [4.69, 9.17) is 21.1 Å². The number of Topliss-reactive ketones (excluding diaryl/α,β-unsaturated/α-hetero) is 1. The summed E-state index contributed by atoms with van der Waals surface area (Å²) < 4.78 is 12.0.